The van der Waals surface area contributed by atoms with Crippen molar-refractivity contribution in [2.75, 3.05) is 0 Å². The fraction of sp³-hybridized carbons (Fsp3) is 0.115. The van der Waals surface area contributed by atoms with Crippen LogP contribution in [-0.4, -0.2) is 19.9 Å². The van der Waals surface area contributed by atoms with Gasteiger partial charge in [0.1, 0.15) is 5.69 Å². The van der Waals surface area contributed by atoms with Crippen molar-refractivity contribution in [2.45, 2.75) is 19.3 Å². The van der Waals surface area contributed by atoms with Crippen LogP contribution in [-0.2, 0) is 5.41 Å². The number of H-pyrrole nitrogens is 1. The number of nitrogens with one attached hydrogen (secondary N) is 1. The van der Waals surface area contributed by atoms with Gasteiger partial charge in [0, 0.05) is 11.0 Å². The summed E-state index contributed by atoms with van der Waals surface area (Å²) in [7, 11) is 0. The Bertz CT molecular complexity index is 1290. The van der Waals surface area contributed by atoms with Gasteiger partial charge in [-0.05, 0) is 50.2 Å². The van der Waals surface area contributed by atoms with Gasteiger partial charge in [-0.1, -0.05) is 54.6 Å². The van der Waals surface area contributed by atoms with E-state index in [2.05, 4.69) is 49.2 Å². The molecule has 5 rings (SSSR count). The maximum atomic E-state index is 4.96. The molecule has 0 saturated carbocycles. The third kappa shape index (κ3) is 3.26. The van der Waals surface area contributed by atoms with Crippen LogP contribution in [0.2, 0.25) is 0 Å². The molecule has 146 valence electrons. The first-order valence-electron chi connectivity index (χ1n) is 10.1. The molecule has 0 atom stereocenters. The molecule has 1 N–H and O–H groups in total. The molecular formula is C26H22N4. The number of nitrogens with zero attached hydrogens (tertiary/aromatic N) is 3. The molecule has 0 radical (unpaired) electrons. The monoisotopic (exact) mass is 390 g/mol. The first-order chi connectivity index (χ1) is 14.6. The normalized spacial score (nSPS) is 11.7. The highest BCUT2D eigenvalue weighted by atomic mass is 15.0. The van der Waals surface area contributed by atoms with Gasteiger partial charge in [-0.25, -0.2) is 9.97 Å². The Kier molecular flexibility index (Phi) is 4.40. The molecule has 4 nitrogen and oxygen atoms in total. The van der Waals surface area contributed by atoms with Gasteiger partial charge in [0.05, 0.1) is 28.1 Å². The van der Waals surface area contributed by atoms with E-state index in [4.69, 9.17) is 15.0 Å². The average Bonchev–Trinajstić information content (AvgIpc) is 3.24. The van der Waals surface area contributed by atoms with E-state index in [1.807, 2.05) is 60.7 Å². The molecule has 0 bridgehead atoms. The van der Waals surface area contributed by atoms with Crippen LogP contribution in [0, 0.1) is 0 Å². The lowest BCUT2D eigenvalue weighted by Crippen LogP contribution is -2.22. The number of aromatic amines is 1. The van der Waals surface area contributed by atoms with E-state index in [1.165, 1.54) is 0 Å². The van der Waals surface area contributed by atoms with Crippen LogP contribution in [0.5, 0.6) is 0 Å². The van der Waals surface area contributed by atoms with Gasteiger partial charge in [0.2, 0.25) is 0 Å². The zero-order valence-corrected chi connectivity index (χ0v) is 17.0. The summed E-state index contributed by atoms with van der Waals surface area (Å²) in [5.41, 5.74) is 6.45. The summed E-state index contributed by atoms with van der Waals surface area (Å²) in [6, 6.07) is 30.5. The molecule has 4 heteroatoms. The number of rotatable bonds is 4. The predicted octanol–water partition coefficient (Wildman–Crippen LogP) is 6.01. The maximum absolute atomic E-state index is 4.96. The minimum Gasteiger partial charge on any atom is -0.337 e. The molecule has 0 amide bonds. The smallest absolute Gasteiger partial charge is 0.157 e. The lowest BCUT2D eigenvalue weighted by molar-refractivity contribution is 0.596. The summed E-state index contributed by atoms with van der Waals surface area (Å²) < 4.78 is 0. The SMILES string of the molecule is CC(C)(c1cccc(-c2ccccc2)n1)c1cccc(-c2nc3ccccc3[nH]2)n1. The van der Waals surface area contributed by atoms with Crippen LogP contribution in [0.4, 0.5) is 0 Å². The Morgan fingerprint density at radius 3 is 1.97 bits per heavy atom. The second kappa shape index (κ2) is 7.23. The van der Waals surface area contributed by atoms with Gasteiger partial charge >= 0.3 is 0 Å². The third-order valence-corrected chi connectivity index (χ3v) is 5.48. The van der Waals surface area contributed by atoms with Crippen LogP contribution in [0.1, 0.15) is 25.2 Å². The van der Waals surface area contributed by atoms with Crippen LogP contribution in [0.25, 0.3) is 33.8 Å². The number of benzene rings is 2. The fourth-order valence-corrected chi connectivity index (χ4v) is 3.67. The zero-order valence-electron chi connectivity index (χ0n) is 17.0. The minimum atomic E-state index is -0.354. The molecule has 3 aromatic heterocycles. The highest BCUT2D eigenvalue weighted by molar-refractivity contribution is 5.78. The van der Waals surface area contributed by atoms with E-state index >= 15 is 0 Å². The second-order valence-electron chi connectivity index (χ2n) is 7.91. The quantitative estimate of drug-likeness (QED) is 0.409. The summed E-state index contributed by atoms with van der Waals surface area (Å²) in [6.45, 7) is 4.32. The van der Waals surface area contributed by atoms with Crippen molar-refractivity contribution in [3.05, 3.63) is 102 Å². The Labute approximate surface area is 175 Å². The average molecular weight is 390 g/mol. The summed E-state index contributed by atoms with van der Waals surface area (Å²) in [5, 5.41) is 0. The molecule has 0 aliphatic carbocycles. The lowest BCUT2D eigenvalue weighted by atomic mass is 9.84. The van der Waals surface area contributed by atoms with Crippen molar-refractivity contribution in [1.29, 1.82) is 0 Å². The van der Waals surface area contributed by atoms with E-state index in [-0.39, 0.29) is 5.41 Å². The van der Waals surface area contributed by atoms with E-state index in [0.717, 1.165) is 45.2 Å². The second-order valence-corrected chi connectivity index (χ2v) is 7.91. The van der Waals surface area contributed by atoms with Gasteiger partial charge in [-0.2, -0.15) is 0 Å². The highest BCUT2D eigenvalue weighted by Crippen LogP contribution is 2.31. The van der Waals surface area contributed by atoms with Crippen molar-refractivity contribution in [1.82, 2.24) is 19.9 Å². The number of pyridine rings is 2. The molecule has 0 unspecified atom stereocenters. The van der Waals surface area contributed by atoms with E-state index in [0.29, 0.717) is 0 Å². The van der Waals surface area contributed by atoms with E-state index < -0.39 is 0 Å². The van der Waals surface area contributed by atoms with E-state index in [1.54, 1.807) is 0 Å². The standard InChI is InChI=1S/C26H22N4/c1-26(2,23-16-8-14-19(27-23)18-10-4-3-5-11-18)24-17-9-15-22(28-24)25-29-20-12-6-7-13-21(20)30-25/h3-17H,1-2H3,(H,29,30). The molecular weight excluding hydrogens is 368 g/mol. The van der Waals surface area contributed by atoms with Crippen LogP contribution < -0.4 is 0 Å². The van der Waals surface area contributed by atoms with Crippen molar-refractivity contribution in [2.24, 2.45) is 0 Å². The number of fused-ring (bicyclic) bond motifs is 1. The predicted molar refractivity (Wildman–Crippen MR) is 121 cm³/mol. The fourth-order valence-electron chi connectivity index (χ4n) is 3.67. The summed E-state index contributed by atoms with van der Waals surface area (Å²) in [4.78, 5) is 18.0. The molecule has 30 heavy (non-hydrogen) atoms. The molecule has 5 aromatic rings. The Hall–Kier alpha value is -3.79. The molecule has 0 spiro atoms. The maximum Gasteiger partial charge on any atom is 0.157 e. The van der Waals surface area contributed by atoms with Gasteiger partial charge in [0.15, 0.2) is 5.82 Å². The van der Waals surface area contributed by atoms with Crippen molar-refractivity contribution in [3.63, 3.8) is 0 Å². The summed E-state index contributed by atoms with van der Waals surface area (Å²) in [5.74, 6) is 0.778. The first kappa shape index (κ1) is 18.3. The number of aromatic nitrogens is 4. The Balaban J connectivity index is 1.54. The van der Waals surface area contributed by atoms with Crippen molar-refractivity contribution in [3.8, 4) is 22.8 Å². The number of hydrogen-bond acceptors (Lipinski definition) is 3. The summed E-state index contributed by atoms with van der Waals surface area (Å²) in [6.07, 6.45) is 0. The molecule has 0 saturated heterocycles. The van der Waals surface area contributed by atoms with Gasteiger partial charge < -0.3 is 4.98 Å². The van der Waals surface area contributed by atoms with Crippen molar-refractivity contribution >= 4 is 11.0 Å². The Morgan fingerprint density at radius 2 is 1.23 bits per heavy atom. The molecule has 0 aliphatic heterocycles. The minimum absolute atomic E-state index is 0.354. The molecule has 0 aliphatic rings. The van der Waals surface area contributed by atoms with Gasteiger partial charge in [0.25, 0.3) is 0 Å². The van der Waals surface area contributed by atoms with Crippen LogP contribution in [0.15, 0.2) is 91.0 Å². The number of para-hydroxylation sites is 2. The number of hydrogen-bond donors (Lipinski definition) is 1. The van der Waals surface area contributed by atoms with Crippen molar-refractivity contribution < 1.29 is 0 Å². The van der Waals surface area contributed by atoms with Crippen LogP contribution >= 0.6 is 0 Å². The number of imidazole rings is 1. The Morgan fingerprint density at radius 1 is 0.600 bits per heavy atom. The summed E-state index contributed by atoms with van der Waals surface area (Å²) >= 11 is 0. The molecule has 0 fully saturated rings. The highest BCUT2D eigenvalue weighted by Gasteiger charge is 2.27. The molecule has 3 heterocycles. The van der Waals surface area contributed by atoms with Gasteiger partial charge in [-0.15, -0.1) is 0 Å². The molecule has 2 aromatic carbocycles. The van der Waals surface area contributed by atoms with Gasteiger partial charge in [-0.3, -0.25) is 4.98 Å². The van der Waals surface area contributed by atoms with E-state index in [9.17, 15) is 0 Å². The lowest BCUT2D eigenvalue weighted by Gasteiger charge is -2.24. The first-order valence-corrected chi connectivity index (χ1v) is 10.1. The third-order valence-electron chi connectivity index (χ3n) is 5.48. The zero-order chi connectivity index (χ0) is 20.6. The van der Waals surface area contributed by atoms with Crippen LogP contribution in [0.3, 0.4) is 0 Å². The largest absolute Gasteiger partial charge is 0.337 e. The topological polar surface area (TPSA) is 54.5 Å².